The number of ether oxygens (including phenoxy) is 1. The fourth-order valence-electron chi connectivity index (χ4n) is 3.25. The predicted molar refractivity (Wildman–Crippen MR) is 117 cm³/mol. The second-order valence-corrected chi connectivity index (χ2v) is 8.86. The molecule has 10 nitrogen and oxygen atoms in total. The van der Waals surface area contributed by atoms with Crippen LogP contribution in [-0.4, -0.2) is 38.3 Å². The number of hydrogen-bond donors (Lipinski definition) is 5. The monoisotopic (exact) mass is 447 g/mol. The molecule has 0 aliphatic carbocycles. The lowest BCUT2D eigenvalue weighted by molar-refractivity contribution is -0.119. The third-order valence-electron chi connectivity index (χ3n) is 4.82. The Morgan fingerprint density at radius 1 is 1.03 bits per heavy atom. The highest BCUT2D eigenvalue weighted by Gasteiger charge is 2.46. The molecule has 1 aliphatic heterocycles. The minimum atomic E-state index is -3.96. The van der Waals surface area contributed by atoms with Crippen LogP contribution in [0.1, 0.15) is 24.2 Å². The van der Waals surface area contributed by atoms with Crippen LogP contribution in [0.3, 0.4) is 0 Å². The van der Waals surface area contributed by atoms with Crippen molar-refractivity contribution in [1.29, 1.82) is 0 Å². The van der Waals surface area contributed by atoms with Gasteiger partial charge in [0.25, 0.3) is 10.0 Å². The van der Waals surface area contributed by atoms with Gasteiger partial charge in [-0.2, -0.15) is 0 Å². The predicted octanol–water partition coefficient (Wildman–Crippen LogP) is 1.00. The maximum absolute atomic E-state index is 13.0. The van der Waals surface area contributed by atoms with E-state index in [2.05, 4.69) is 20.9 Å². The number of primary amides is 1. The van der Waals surface area contributed by atoms with Crippen molar-refractivity contribution < 1.29 is 22.7 Å². The molecule has 2 aromatic carbocycles. The maximum Gasteiger partial charge on any atom is 0.250 e. The van der Waals surface area contributed by atoms with E-state index < -0.39 is 39.2 Å². The third kappa shape index (κ3) is 5.32. The van der Waals surface area contributed by atoms with E-state index in [1.54, 1.807) is 31.2 Å². The van der Waals surface area contributed by atoms with E-state index in [9.17, 15) is 18.0 Å². The molecule has 0 spiro atoms. The van der Waals surface area contributed by atoms with Crippen molar-refractivity contribution >= 4 is 33.2 Å². The minimum absolute atomic E-state index is 0.301. The molecule has 31 heavy (non-hydrogen) atoms. The Bertz CT molecular complexity index is 1040. The average Bonchev–Trinajstić information content (AvgIpc) is 3.12. The number of sulfonamides is 1. The molecule has 2 aromatic rings. The average molecular weight is 448 g/mol. The molecule has 11 heteroatoms. The highest BCUT2D eigenvalue weighted by molar-refractivity contribution is 7.93. The third-order valence-corrected chi connectivity index (χ3v) is 6.42. The van der Waals surface area contributed by atoms with Gasteiger partial charge in [-0.3, -0.25) is 19.7 Å². The number of nitrogens with two attached hydrogens (primary N) is 1. The molecule has 0 bridgehead atoms. The zero-order chi connectivity index (χ0) is 22.6. The largest absolute Gasteiger partial charge is 0.494 e. The normalized spacial score (nSPS) is 20.8. The van der Waals surface area contributed by atoms with Crippen molar-refractivity contribution in [3.05, 3.63) is 54.1 Å². The highest BCUT2D eigenvalue weighted by Crippen LogP contribution is 2.24. The van der Waals surface area contributed by atoms with Gasteiger partial charge in [-0.1, -0.05) is 0 Å². The van der Waals surface area contributed by atoms with Gasteiger partial charge >= 0.3 is 0 Å². The van der Waals surface area contributed by atoms with Crippen LogP contribution in [0.2, 0.25) is 0 Å². The van der Waals surface area contributed by atoms with Crippen LogP contribution in [0.15, 0.2) is 48.5 Å². The van der Waals surface area contributed by atoms with E-state index in [4.69, 9.17) is 10.5 Å². The van der Waals surface area contributed by atoms with Gasteiger partial charge in [0.2, 0.25) is 11.8 Å². The fourth-order valence-corrected chi connectivity index (χ4v) is 4.81. The summed E-state index contributed by atoms with van der Waals surface area (Å²) >= 11 is 0. The number of benzene rings is 2. The van der Waals surface area contributed by atoms with Crippen LogP contribution in [0.4, 0.5) is 11.4 Å². The smallest absolute Gasteiger partial charge is 0.250 e. The molecule has 0 saturated carbocycles. The second-order valence-electron chi connectivity index (χ2n) is 7.06. The first-order valence-electron chi connectivity index (χ1n) is 9.67. The summed E-state index contributed by atoms with van der Waals surface area (Å²) < 4.78 is 33.8. The summed E-state index contributed by atoms with van der Waals surface area (Å²) in [7, 11) is -3.96. The Kier molecular flexibility index (Phi) is 6.78. The quantitative estimate of drug-likeness (QED) is 0.405. The number of hydrazine groups is 1. The summed E-state index contributed by atoms with van der Waals surface area (Å²) in [5, 5.41) is 1.48. The molecule has 0 aromatic heterocycles. The standard InChI is InChI=1S/C20H25N5O5S/c1-3-30-16-10-8-15(9-11-16)25-31(28,29)20-17(12(2)23-24-20)19(27)22-14-6-4-13(5-7-14)18(21)26/h4-12,17,20,23-25H,3H2,1-2H3,(H2,21,26)(H,22,27). The first-order chi connectivity index (χ1) is 14.7. The minimum Gasteiger partial charge on any atom is -0.494 e. The molecule has 3 atom stereocenters. The Morgan fingerprint density at radius 2 is 1.65 bits per heavy atom. The lowest BCUT2D eigenvalue weighted by Crippen LogP contribution is -2.45. The zero-order valence-electron chi connectivity index (χ0n) is 17.1. The van der Waals surface area contributed by atoms with Crippen molar-refractivity contribution in [3.63, 3.8) is 0 Å². The number of rotatable bonds is 8. The molecule has 6 N–H and O–H groups in total. The highest BCUT2D eigenvalue weighted by atomic mass is 32.2. The molecule has 166 valence electrons. The lowest BCUT2D eigenvalue weighted by atomic mass is 10.0. The van der Waals surface area contributed by atoms with E-state index in [0.717, 1.165) is 0 Å². The molecular weight excluding hydrogens is 422 g/mol. The number of carbonyl (C=O) groups is 2. The van der Waals surface area contributed by atoms with Crippen LogP contribution >= 0.6 is 0 Å². The molecule has 2 amide bonds. The summed E-state index contributed by atoms with van der Waals surface area (Å²) in [6.07, 6.45) is 0. The Labute approximate surface area is 180 Å². The van der Waals surface area contributed by atoms with Crippen molar-refractivity contribution in [2.45, 2.75) is 25.3 Å². The van der Waals surface area contributed by atoms with Crippen LogP contribution in [0, 0.1) is 5.92 Å². The van der Waals surface area contributed by atoms with E-state index in [0.29, 0.717) is 29.3 Å². The van der Waals surface area contributed by atoms with Gasteiger partial charge in [0.15, 0.2) is 5.37 Å². The van der Waals surface area contributed by atoms with Crippen LogP contribution in [-0.2, 0) is 14.8 Å². The topological polar surface area (TPSA) is 152 Å². The van der Waals surface area contributed by atoms with E-state index in [1.807, 2.05) is 6.92 Å². The molecule has 3 unspecified atom stereocenters. The first kappa shape index (κ1) is 22.5. The lowest BCUT2D eigenvalue weighted by Gasteiger charge is -2.21. The summed E-state index contributed by atoms with van der Waals surface area (Å²) in [4.78, 5) is 24.1. The number of amides is 2. The number of anilines is 2. The van der Waals surface area contributed by atoms with Gasteiger partial charge in [-0.25, -0.2) is 13.8 Å². The van der Waals surface area contributed by atoms with Crippen molar-refractivity contribution in [1.82, 2.24) is 10.9 Å². The molecule has 1 fully saturated rings. The van der Waals surface area contributed by atoms with Gasteiger partial charge in [-0.15, -0.1) is 0 Å². The number of carbonyl (C=O) groups excluding carboxylic acids is 2. The molecule has 3 rings (SSSR count). The van der Waals surface area contributed by atoms with Crippen LogP contribution in [0.5, 0.6) is 5.75 Å². The van der Waals surface area contributed by atoms with Crippen molar-refractivity contribution in [3.8, 4) is 5.75 Å². The van der Waals surface area contributed by atoms with Gasteiger partial charge in [0, 0.05) is 23.0 Å². The van der Waals surface area contributed by atoms with Gasteiger partial charge in [0.05, 0.1) is 12.5 Å². The maximum atomic E-state index is 13.0. The molecule has 1 saturated heterocycles. The Balaban J connectivity index is 1.73. The fraction of sp³-hybridized carbons (Fsp3) is 0.300. The first-order valence-corrected chi connectivity index (χ1v) is 11.2. The number of nitrogens with one attached hydrogen (secondary N) is 4. The number of hydrogen-bond acceptors (Lipinski definition) is 7. The Morgan fingerprint density at radius 3 is 2.23 bits per heavy atom. The van der Waals surface area contributed by atoms with Gasteiger partial charge in [-0.05, 0) is 62.4 Å². The van der Waals surface area contributed by atoms with E-state index in [1.165, 1.54) is 24.3 Å². The summed E-state index contributed by atoms with van der Waals surface area (Å²) in [5.74, 6) is -1.36. The van der Waals surface area contributed by atoms with E-state index in [-0.39, 0.29) is 0 Å². The molecule has 1 heterocycles. The van der Waals surface area contributed by atoms with Crippen LogP contribution < -0.4 is 31.4 Å². The molecule has 0 radical (unpaired) electrons. The van der Waals surface area contributed by atoms with Gasteiger partial charge < -0.3 is 15.8 Å². The second kappa shape index (κ2) is 9.33. The summed E-state index contributed by atoms with van der Waals surface area (Å²) in [6.45, 7) is 4.07. The van der Waals surface area contributed by atoms with E-state index >= 15 is 0 Å². The molecular formula is C20H25N5O5S. The zero-order valence-corrected chi connectivity index (χ0v) is 17.9. The SMILES string of the molecule is CCOc1ccc(NS(=O)(=O)C2NNC(C)C2C(=O)Nc2ccc(C(N)=O)cc2)cc1. The van der Waals surface area contributed by atoms with Crippen molar-refractivity contribution in [2.24, 2.45) is 11.7 Å². The summed E-state index contributed by atoms with van der Waals surface area (Å²) in [5.41, 5.74) is 11.8. The molecule has 1 aliphatic rings. The Hall–Kier alpha value is -3.15. The van der Waals surface area contributed by atoms with Gasteiger partial charge in [0.1, 0.15) is 5.75 Å². The van der Waals surface area contributed by atoms with Crippen LogP contribution in [0.25, 0.3) is 0 Å². The summed E-state index contributed by atoms with van der Waals surface area (Å²) in [6, 6.07) is 12.1. The van der Waals surface area contributed by atoms with Crippen molar-refractivity contribution in [2.75, 3.05) is 16.6 Å².